The van der Waals surface area contributed by atoms with Crippen LogP contribution in [-0.2, 0) is 0 Å². The zero-order valence-corrected chi connectivity index (χ0v) is 15.9. The molecule has 0 aliphatic heterocycles. The van der Waals surface area contributed by atoms with Gasteiger partial charge in [0.15, 0.2) is 0 Å². The lowest BCUT2D eigenvalue weighted by atomic mass is 10.0. The molecule has 0 aliphatic carbocycles. The van der Waals surface area contributed by atoms with Crippen molar-refractivity contribution in [3.8, 4) is 0 Å². The Morgan fingerprint density at radius 2 is 2.04 bits per heavy atom. The maximum Gasteiger partial charge on any atom is 0.139 e. The molecule has 0 aromatic carbocycles. The highest BCUT2D eigenvalue weighted by atomic mass is 35.5. The molecule has 138 valence electrons. The maximum atomic E-state index is 14.0. The SMILES string of the molecule is C=C(Cl)/C=C(\C(=C)F)c1cc(Nc2ccnc3[nH]ccc23)c(C(C)C)cn1. The number of nitrogens with one attached hydrogen (secondary N) is 2. The normalized spacial score (nSPS) is 11.8. The summed E-state index contributed by atoms with van der Waals surface area (Å²) in [5, 5.41) is 4.60. The van der Waals surface area contributed by atoms with E-state index in [1.807, 2.05) is 18.3 Å². The Balaban J connectivity index is 2.11. The fraction of sp³-hybridized carbons (Fsp3) is 0.143. The minimum absolute atomic E-state index is 0.204. The molecule has 3 heterocycles. The Morgan fingerprint density at radius 1 is 1.26 bits per heavy atom. The van der Waals surface area contributed by atoms with Gasteiger partial charge in [0.25, 0.3) is 0 Å². The standard InChI is InChI=1S/C21H20ClFN4/c1-12(2)17-11-26-19(16(14(4)23)9-13(3)22)10-20(17)27-18-6-8-25-21-15(18)5-7-24-21/h5-12H,3-4H2,1-2H3,(H2,24,25,26,27)/b16-9+. The first kappa shape index (κ1) is 18.9. The van der Waals surface area contributed by atoms with E-state index >= 15 is 0 Å². The Bertz CT molecular complexity index is 1050. The fourth-order valence-corrected chi connectivity index (χ4v) is 2.95. The Labute approximate surface area is 162 Å². The molecule has 4 nitrogen and oxygen atoms in total. The van der Waals surface area contributed by atoms with Gasteiger partial charge in [-0.3, -0.25) is 4.98 Å². The smallest absolute Gasteiger partial charge is 0.139 e. The number of allylic oxidation sites excluding steroid dienone is 4. The van der Waals surface area contributed by atoms with Crippen molar-refractivity contribution in [1.29, 1.82) is 0 Å². The van der Waals surface area contributed by atoms with Gasteiger partial charge in [0, 0.05) is 40.3 Å². The van der Waals surface area contributed by atoms with Crippen molar-refractivity contribution >= 4 is 39.6 Å². The Hall–Kier alpha value is -2.92. The van der Waals surface area contributed by atoms with E-state index in [4.69, 9.17) is 11.6 Å². The van der Waals surface area contributed by atoms with Crippen molar-refractivity contribution in [3.05, 3.63) is 78.1 Å². The van der Waals surface area contributed by atoms with Crippen LogP contribution in [0.1, 0.15) is 31.0 Å². The summed E-state index contributed by atoms with van der Waals surface area (Å²) in [6, 6.07) is 5.64. The van der Waals surface area contributed by atoms with Gasteiger partial charge in [-0.05, 0) is 35.8 Å². The second-order valence-electron chi connectivity index (χ2n) is 6.44. The number of anilines is 2. The average molecular weight is 383 g/mol. The number of nitrogens with zero attached hydrogens (tertiary/aromatic N) is 2. The lowest BCUT2D eigenvalue weighted by molar-refractivity contribution is 0.677. The first-order valence-corrected chi connectivity index (χ1v) is 8.85. The van der Waals surface area contributed by atoms with E-state index in [-0.39, 0.29) is 16.5 Å². The van der Waals surface area contributed by atoms with Crippen LogP contribution >= 0.6 is 11.6 Å². The van der Waals surface area contributed by atoms with E-state index in [1.54, 1.807) is 18.5 Å². The molecule has 0 aliphatic rings. The number of fused-ring (bicyclic) bond motifs is 1. The van der Waals surface area contributed by atoms with Crippen molar-refractivity contribution in [2.24, 2.45) is 0 Å². The van der Waals surface area contributed by atoms with E-state index < -0.39 is 5.83 Å². The predicted octanol–water partition coefficient (Wildman–Crippen LogP) is 6.44. The zero-order valence-electron chi connectivity index (χ0n) is 15.2. The molecule has 3 aromatic rings. The molecule has 3 aromatic heterocycles. The minimum atomic E-state index is -0.621. The van der Waals surface area contributed by atoms with Crippen LogP contribution in [0.25, 0.3) is 16.6 Å². The Morgan fingerprint density at radius 3 is 2.70 bits per heavy atom. The molecule has 0 amide bonds. The van der Waals surface area contributed by atoms with Crippen LogP contribution in [0.2, 0.25) is 0 Å². The highest BCUT2D eigenvalue weighted by Gasteiger charge is 2.15. The molecular formula is C21H20ClFN4. The van der Waals surface area contributed by atoms with E-state index in [0.29, 0.717) is 5.69 Å². The summed E-state index contributed by atoms with van der Waals surface area (Å²) in [5.41, 5.74) is 4.15. The summed E-state index contributed by atoms with van der Waals surface area (Å²) >= 11 is 5.84. The number of pyridine rings is 2. The summed E-state index contributed by atoms with van der Waals surface area (Å²) in [5.74, 6) is -0.397. The summed E-state index contributed by atoms with van der Waals surface area (Å²) in [6.07, 6.45) is 6.72. The van der Waals surface area contributed by atoms with Gasteiger partial charge in [0.2, 0.25) is 0 Å². The number of H-pyrrole nitrogens is 1. The first-order valence-electron chi connectivity index (χ1n) is 8.47. The van der Waals surface area contributed by atoms with Crippen molar-refractivity contribution in [1.82, 2.24) is 15.0 Å². The quantitative estimate of drug-likeness (QED) is 0.482. The highest BCUT2D eigenvalue weighted by molar-refractivity contribution is 6.31. The number of halogens is 2. The molecule has 0 radical (unpaired) electrons. The molecule has 3 rings (SSSR count). The number of aromatic nitrogens is 3. The van der Waals surface area contributed by atoms with Gasteiger partial charge in [-0.2, -0.15) is 0 Å². The lowest BCUT2D eigenvalue weighted by Gasteiger charge is -2.17. The third kappa shape index (κ3) is 4.09. The number of hydrogen-bond acceptors (Lipinski definition) is 3. The van der Waals surface area contributed by atoms with Gasteiger partial charge in [-0.1, -0.05) is 38.6 Å². The zero-order chi connectivity index (χ0) is 19.6. The highest BCUT2D eigenvalue weighted by Crippen LogP contribution is 2.33. The van der Waals surface area contributed by atoms with Crippen LogP contribution in [0.4, 0.5) is 15.8 Å². The summed E-state index contributed by atoms with van der Waals surface area (Å²) < 4.78 is 14.0. The van der Waals surface area contributed by atoms with Gasteiger partial charge in [0.1, 0.15) is 11.5 Å². The van der Waals surface area contributed by atoms with E-state index in [2.05, 4.69) is 47.3 Å². The van der Waals surface area contributed by atoms with Crippen molar-refractivity contribution < 1.29 is 4.39 Å². The molecule has 0 atom stereocenters. The van der Waals surface area contributed by atoms with E-state index in [0.717, 1.165) is 28.0 Å². The van der Waals surface area contributed by atoms with Gasteiger partial charge in [0.05, 0.1) is 11.4 Å². The molecule has 6 heteroatoms. The van der Waals surface area contributed by atoms with Crippen LogP contribution in [0, 0.1) is 0 Å². The van der Waals surface area contributed by atoms with Crippen LogP contribution in [0.15, 0.2) is 66.9 Å². The summed E-state index contributed by atoms with van der Waals surface area (Å²) in [6.45, 7) is 11.1. The third-order valence-corrected chi connectivity index (χ3v) is 4.26. The monoisotopic (exact) mass is 382 g/mol. The van der Waals surface area contributed by atoms with Crippen LogP contribution in [0.3, 0.4) is 0 Å². The predicted molar refractivity (Wildman–Crippen MR) is 111 cm³/mol. The van der Waals surface area contributed by atoms with Crippen molar-refractivity contribution in [3.63, 3.8) is 0 Å². The fourth-order valence-electron chi connectivity index (χ4n) is 2.84. The third-order valence-electron chi connectivity index (χ3n) is 4.16. The van der Waals surface area contributed by atoms with Crippen molar-refractivity contribution in [2.45, 2.75) is 19.8 Å². The topological polar surface area (TPSA) is 53.6 Å². The summed E-state index contributed by atoms with van der Waals surface area (Å²) in [7, 11) is 0. The second-order valence-corrected chi connectivity index (χ2v) is 6.93. The number of hydrogen-bond donors (Lipinski definition) is 2. The Kier molecular flexibility index (Phi) is 5.42. The molecule has 0 unspecified atom stereocenters. The molecule has 0 bridgehead atoms. The molecule has 2 N–H and O–H groups in total. The van der Waals surface area contributed by atoms with Crippen LogP contribution in [0.5, 0.6) is 0 Å². The first-order chi connectivity index (χ1) is 12.9. The minimum Gasteiger partial charge on any atom is -0.355 e. The molecule has 0 saturated carbocycles. The maximum absolute atomic E-state index is 14.0. The largest absolute Gasteiger partial charge is 0.355 e. The van der Waals surface area contributed by atoms with E-state index in [1.165, 1.54) is 6.08 Å². The van der Waals surface area contributed by atoms with Gasteiger partial charge in [-0.25, -0.2) is 9.37 Å². The van der Waals surface area contributed by atoms with Crippen molar-refractivity contribution in [2.75, 3.05) is 5.32 Å². The van der Waals surface area contributed by atoms with Crippen LogP contribution < -0.4 is 5.32 Å². The van der Waals surface area contributed by atoms with Crippen LogP contribution in [-0.4, -0.2) is 15.0 Å². The molecule has 0 fully saturated rings. The average Bonchev–Trinajstić information content (AvgIpc) is 3.09. The number of rotatable bonds is 6. The second kappa shape index (κ2) is 7.76. The molecule has 0 saturated heterocycles. The number of aromatic amines is 1. The molecule has 0 spiro atoms. The lowest BCUT2D eigenvalue weighted by Crippen LogP contribution is -2.02. The summed E-state index contributed by atoms with van der Waals surface area (Å²) in [4.78, 5) is 11.8. The van der Waals surface area contributed by atoms with Gasteiger partial charge < -0.3 is 10.3 Å². The molecule has 27 heavy (non-hydrogen) atoms. The molecular weight excluding hydrogens is 363 g/mol. The van der Waals surface area contributed by atoms with E-state index in [9.17, 15) is 4.39 Å². The van der Waals surface area contributed by atoms with Gasteiger partial charge >= 0.3 is 0 Å². The van der Waals surface area contributed by atoms with Gasteiger partial charge in [-0.15, -0.1) is 0 Å².